The van der Waals surface area contributed by atoms with Gasteiger partial charge in [-0.15, -0.1) is 0 Å². The van der Waals surface area contributed by atoms with Crippen LogP contribution in [0.3, 0.4) is 0 Å². The number of halogens is 1. The summed E-state index contributed by atoms with van der Waals surface area (Å²) in [6, 6.07) is 7.62. The molecule has 2 aromatic rings. The van der Waals surface area contributed by atoms with Crippen molar-refractivity contribution in [2.75, 3.05) is 13.2 Å². The fourth-order valence-corrected chi connectivity index (χ4v) is 3.49. The predicted octanol–water partition coefficient (Wildman–Crippen LogP) is 4.56. The van der Waals surface area contributed by atoms with Crippen LogP contribution in [0.15, 0.2) is 30.3 Å². The Labute approximate surface area is 129 Å². The summed E-state index contributed by atoms with van der Waals surface area (Å²) in [4.78, 5) is 11.0. The van der Waals surface area contributed by atoms with E-state index in [1.807, 2.05) is 13.8 Å². The number of carboxylic acid groups (broad SMARTS) is 1. The Morgan fingerprint density at radius 2 is 1.86 bits per heavy atom. The quantitative estimate of drug-likeness (QED) is 0.759. The highest BCUT2D eigenvalue weighted by molar-refractivity contribution is 7.46. The minimum atomic E-state index is -1.11. The molecule has 0 fully saturated rings. The van der Waals surface area contributed by atoms with E-state index in [4.69, 9.17) is 14.2 Å². The normalized spacial score (nSPS) is 11.3. The molecule has 2 aromatic carbocycles. The minimum Gasteiger partial charge on any atom is -0.478 e. The lowest BCUT2D eigenvalue weighted by molar-refractivity contribution is 0.0697. The molecule has 0 aliphatic carbocycles. The highest BCUT2D eigenvalue weighted by atomic mass is 31.2. The van der Waals surface area contributed by atoms with Crippen molar-refractivity contribution >= 4 is 25.1 Å². The van der Waals surface area contributed by atoms with Crippen molar-refractivity contribution in [3.05, 3.63) is 47.3 Å². The fourth-order valence-electron chi connectivity index (χ4n) is 2.17. The molecule has 0 spiro atoms. The zero-order chi connectivity index (χ0) is 16.1. The molecule has 0 aromatic heterocycles. The van der Waals surface area contributed by atoms with Gasteiger partial charge in [-0.05, 0) is 43.0 Å². The van der Waals surface area contributed by atoms with Crippen LogP contribution in [0.4, 0.5) is 4.39 Å². The zero-order valence-corrected chi connectivity index (χ0v) is 13.4. The second-order valence-corrected chi connectivity index (χ2v) is 6.14. The van der Waals surface area contributed by atoms with Crippen molar-refractivity contribution in [1.82, 2.24) is 0 Å². The molecule has 0 bridgehead atoms. The Kier molecular flexibility index (Phi) is 5.83. The van der Waals surface area contributed by atoms with Gasteiger partial charge in [-0.2, -0.15) is 0 Å². The molecule has 0 saturated heterocycles. The van der Waals surface area contributed by atoms with E-state index in [1.54, 1.807) is 6.07 Å². The Bertz CT molecular complexity index is 668. The number of carboxylic acids is 1. The largest absolute Gasteiger partial charge is 0.478 e. The van der Waals surface area contributed by atoms with Crippen LogP contribution in [0.25, 0.3) is 10.8 Å². The molecule has 6 heteroatoms. The SMILES string of the molecule is CCOP(Cc1cc(F)c2ccc(C(=O)O)cc2c1)OCC. The van der Waals surface area contributed by atoms with Gasteiger partial charge in [-0.1, -0.05) is 12.1 Å². The molecule has 0 atom stereocenters. The van der Waals surface area contributed by atoms with E-state index in [9.17, 15) is 9.18 Å². The summed E-state index contributed by atoms with van der Waals surface area (Å²) < 4.78 is 25.2. The molecule has 4 nitrogen and oxygen atoms in total. The van der Waals surface area contributed by atoms with Gasteiger partial charge in [0.25, 0.3) is 0 Å². The molecule has 22 heavy (non-hydrogen) atoms. The van der Waals surface area contributed by atoms with Crippen LogP contribution in [0.1, 0.15) is 29.8 Å². The summed E-state index contributed by atoms with van der Waals surface area (Å²) in [6.07, 6.45) is 0.473. The van der Waals surface area contributed by atoms with E-state index in [1.165, 1.54) is 24.3 Å². The second kappa shape index (κ2) is 7.63. The Morgan fingerprint density at radius 1 is 1.18 bits per heavy atom. The van der Waals surface area contributed by atoms with Crippen molar-refractivity contribution in [2.24, 2.45) is 0 Å². The van der Waals surface area contributed by atoms with Gasteiger partial charge in [-0.25, -0.2) is 9.18 Å². The average Bonchev–Trinajstić information content (AvgIpc) is 2.47. The zero-order valence-electron chi connectivity index (χ0n) is 12.5. The number of fused-ring (bicyclic) bond motifs is 1. The average molecular weight is 324 g/mol. The maximum Gasteiger partial charge on any atom is 0.335 e. The van der Waals surface area contributed by atoms with Crippen molar-refractivity contribution in [1.29, 1.82) is 0 Å². The van der Waals surface area contributed by atoms with Crippen LogP contribution < -0.4 is 0 Å². The number of aromatic carboxylic acids is 1. The van der Waals surface area contributed by atoms with Gasteiger partial charge in [0.05, 0.1) is 18.8 Å². The first kappa shape index (κ1) is 16.8. The monoisotopic (exact) mass is 324 g/mol. The molecule has 0 saturated carbocycles. The van der Waals surface area contributed by atoms with Gasteiger partial charge < -0.3 is 14.2 Å². The van der Waals surface area contributed by atoms with Crippen LogP contribution >= 0.6 is 8.38 Å². The Morgan fingerprint density at radius 3 is 2.45 bits per heavy atom. The minimum absolute atomic E-state index is 0.140. The van der Waals surface area contributed by atoms with Crippen LogP contribution in [-0.4, -0.2) is 24.3 Å². The Hall–Kier alpha value is -1.55. The number of carbonyl (C=O) groups is 1. The first-order valence-electron chi connectivity index (χ1n) is 7.04. The van der Waals surface area contributed by atoms with Crippen LogP contribution in [0.5, 0.6) is 0 Å². The third-order valence-electron chi connectivity index (χ3n) is 3.07. The Balaban J connectivity index is 2.35. The smallest absolute Gasteiger partial charge is 0.335 e. The topological polar surface area (TPSA) is 55.8 Å². The summed E-state index contributed by atoms with van der Waals surface area (Å²) in [6.45, 7) is 4.83. The molecule has 0 unspecified atom stereocenters. The maximum atomic E-state index is 14.2. The molecule has 0 heterocycles. The van der Waals surface area contributed by atoms with E-state index in [0.29, 0.717) is 30.1 Å². The summed E-state index contributed by atoms with van der Waals surface area (Å²) in [5, 5.41) is 10.0. The summed E-state index contributed by atoms with van der Waals surface area (Å²) in [5.41, 5.74) is 0.876. The summed E-state index contributed by atoms with van der Waals surface area (Å²) in [7, 11) is -1.11. The molecule has 2 rings (SSSR count). The maximum absolute atomic E-state index is 14.2. The van der Waals surface area contributed by atoms with Gasteiger partial charge in [0.15, 0.2) is 8.38 Å². The first-order chi connectivity index (χ1) is 10.5. The lowest BCUT2D eigenvalue weighted by atomic mass is 10.0. The predicted molar refractivity (Wildman–Crippen MR) is 84.7 cm³/mol. The van der Waals surface area contributed by atoms with E-state index < -0.39 is 14.3 Å². The molecule has 0 amide bonds. The first-order valence-corrected chi connectivity index (χ1v) is 8.40. The second-order valence-electron chi connectivity index (χ2n) is 4.65. The number of rotatable bonds is 7. The van der Waals surface area contributed by atoms with E-state index in [2.05, 4.69) is 0 Å². The standard InChI is InChI=1S/C16H18FO4P/c1-3-20-22(21-4-2)10-11-7-13-9-12(16(18)19)5-6-14(13)15(17)8-11/h5-9H,3-4,10H2,1-2H3,(H,18,19). The van der Waals surface area contributed by atoms with Crippen molar-refractivity contribution in [3.8, 4) is 0 Å². The van der Waals surface area contributed by atoms with Crippen molar-refractivity contribution in [3.63, 3.8) is 0 Å². The molecule has 118 valence electrons. The highest BCUT2D eigenvalue weighted by Crippen LogP contribution is 2.42. The molecule has 0 radical (unpaired) electrons. The summed E-state index contributed by atoms with van der Waals surface area (Å²) >= 11 is 0. The third kappa shape index (κ3) is 4.01. The van der Waals surface area contributed by atoms with Crippen LogP contribution in [0.2, 0.25) is 0 Å². The molecule has 1 N–H and O–H groups in total. The molecular weight excluding hydrogens is 306 g/mol. The lowest BCUT2D eigenvalue weighted by Gasteiger charge is -2.16. The van der Waals surface area contributed by atoms with Crippen molar-refractivity contribution < 1.29 is 23.3 Å². The van der Waals surface area contributed by atoms with Gasteiger partial charge in [-0.3, -0.25) is 0 Å². The number of benzene rings is 2. The van der Waals surface area contributed by atoms with Gasteiger partial charge in [0.1, 0.15) is 5.82 Å². The highest BCUT2D eigenvalue weighted by Gasteiger charge is 2.13. The number of hydrogen-bond acceptors (Lipinski definition) is 3. The molecule has 0 aliphatic rings. The van der Waals surface area contributed by atoms with Crippen molar-refractivity contribution in [2.45, 2.75) is 20.0 Å². The van der Waals surface area contributed by atoms with E-state index >= 15 is 0 Å². The number of hydrogen-bond donors (Lipinski definition) is 1. The van der Waals surface area contributed by atoms with Crippen LogP contribution in [0, 0.1) is 5.82 Å². The molecular formula is C16H18FO4P. The summed E-state index contributed by atoms with van der Waals surface area (Å²) in [5.74, 6) is -1.40. The van der Waals surface area contributed by atoms with Gasteiger partial charge in [0, 0.05) is 11.5 Å². The fraction of sp³-hybridized carbons (Fsp3) is 0.312. The van der Waals surface area contributed by atoms with Gasteiger partial charge in [0.2, 0.25) is 0 Å². The molecule has 0 aliphatic heterocycles. The van der Waals surface area contributed by atoms with E-state index in [-0.39, 0.29) is 11.4 Å². The lowest BCUT2D eigenvalue weighted by Crippen LogP contribution is -1.98. The third-order valence-corrected chi connectivity index (χ3v) is 4.78. The van der Waals surface area contributed by atoms with Crippen LogP contribution in [-0.2, 0) is 15.2 Å². The van der Waals surface area contributed by atoms with Gasteiger partial charge >= 0.3 is 5.97 Å². The van der Waals surface area contributed by atoms with E-state index in [0.717, 1.165) is 5.56 Å².